The summed E-state index contributed by atoms with van der Waals surface area (Å²) in [4.78, 5) is 39.1. The predicted octanol–water partition coefficient (Wildman–Crippen LogP) is 3.25. The molecule has 1 aliphatic rings. The molecule has 1 fully saturated rings. The molecule has 1 heterocycles. The summed E-state index contributed by atoms with van der Waals surface area (Å²) in [7, 11) is 1.55. The number of nitrogens with zero attached hydrogens (tertiary/aromatic N) is 1. The van der Waals surface area contributed by atoms with Crippen molar-refractivity contribution >= 4 is 34.3 Å². The fourth-order valence-corrected chi connectivity index (χ4v) is 3.63. The summed E-state index contributed by atoms with van der Waals surface area (Å²) in [5, 5.41) is 7.37. The van der Waals surface area contributed by atoms with Gasteiger partial charge in [0.05, 0.1) is 7.11 Å². The lowest BCUT2D eigenvalue weighted by Crippen LogP contribution is -2.42. The zero-order chi connectivity index (χ0) is 21.3. The van der Waals surface area contributed by atoms with Crippen molar-refractivity contribution in [1.82, 2.24) is 10.2 Å². The molecule has 0 aliphatic carbocycles. The molecular formula is C23H21N3O4. The first kappa shape index (κ1) is 19.4. The first-order valence-electron chi connectivity index (χ1n) is 9.48. The van der Waals surface area contributed by atoms with Crippen molar-refractivity contribution in [2.45, 2.75) is 12.5 Å². The highest BCUT2D eigenvalue weighted by atomic mass is 16.5. The number of hydrogen-bond acceptors (Lipinski definition) is 4. The fraction of sp³-hybridized carbons (Fsp3) is 0.174. The number of imide groups is 1. The Labute approximate surface area is 173 Å². The van der Waals surface area contributed by atoms with Crippen LogP contribution in [0.3, 0.4) is 0 Å². The quantitative estimate of drug-likeness (QED) is 0.640. The van der Waals surface area contributed by atoms with Crippen LogP contribution in [0.1, 0.15) is 12.5 Å². The third-order valence-electron chi connectivity index (χ3n) is 5.31. The first-order valence-corrected chi connectivity index (χ1v) is 9.48. The molecule has 0 aromatic heterocycles. The van der Waals surface area contributed by atoms with Crippen LogP contribution in [0.25, 0.3) is 10.8 Å². The Hall–Kier alpha value is -3.87. The smallest absolute Gasteiger partial charge is 0.325 e. The fourth-order valence-electron chi connectivity index (χ4n) is 3.63. The van der Waals surface area contributed by atoms with Gasteiger partial charge >= 0.3 is 6.03 Å². The van der Waals surface area contributed by atoms with Gasteiger partial charge in [0.25, 0.3) is 5.91 Å². The lowest BCUT2D eigenvalue weighted by atomic mass is 9.92. The van der Waals surface area contributed by atoms with Crippen LogP contribution in [-0.2, 0) is 15.1 Å². The molecule has 1 atom stereocenters. The van der Waals surface area contributed by atoms with Gasteiger partial charge in [0.15, 0.2) is 0 Å². The molecule has 0 radical (unpaired) electrons. The molecule has 0 bridgehead atoms. The van der Waals surface area contributed by atoms with E-state index in [-0.39, 0.29) is 6.54 Å². The van der Waals surface area contributed by atoms with Crippen LogP contribution in [0, 0.1) is 0 Å². The van der Waals surface area contributed by atoms with Gasteiger partial charge in [-0.2, -0.15) is 0 Å². The number of rotatable bonds is 5. The summed E-state index contributed by atoms with van der Waals surface area (Å²) in [6, 6.07) is 19.5. The second-order valence-corrected chi connectivity index (χ2v) is 7.25. The van der Waals surface area contributed by atoms with Crippen LogP contribution in [0.15, 0.2) is 66.7 Å². The monoisotopic (exact) mass is 403 g/mol. The van der Waals surface area contributed by atoms with Crippen molar-refractivity contribution < 1.29 is 19.1 Å². The van der Waals surface area contributed by atoms with Gasteiger partial charge in [0, 0.05) is 11.1 Å². The number of anilines is 1. The van der Waals surface area contributed by atoms with Gasteiger partial charge in [-0.15, -0.1) is 0 Å². The van der Waals surface area contributed by atoms with Crippen LogP contribution >= 0.6 is 0 Å². The van der Waals surface area contributed by atoms with E-state index in [9.17, 15) is 14.4 Å². The van der Waals surface area contributed by atoms with E-state index in [0.717, 1.165) is 15.7 Å². The minimum Gasteiger partial charge on any atom is -0.497 e. The summed E-state index contributed by atoms with van der Waals surface area (Å²) < 4.78 is 5.14. The van der Waals surface area contributed by atoms with Crippen molar-refractivity contribution in [2.24, 2.45) is 0 Å². The van der Waals surface area contributed by atoms with Crippen molar-refractivity contribution in [3.8, 4) is 5.75 Å². The predicted molar refractivity (Wildman–Crippen MR) is 113 cm³/mol. The zero-order valence-corrected chi connectivity index (χ0v) is 16.6. The molecule has 2 N–H and O–H groups in total. The van der Waals surface area contributed by atoms with E-state index in [2.05, 4.69) is 10.6 Å². The topological polar surface area (TPSA) is 87.7 Å². The highest BCUT2D eigenvalue weighted by molar-refractivity contribution is 6.11. The summed E-state index contributed by atoms with van der Waals surface area (Å²) in [6.45, 7) is 1.25. The maximum absolute atomic E-state index is 13.0. The number of benzene rings is 3. The second kappa shape index (κ2) is 7.51. The van der Waals surface area contributed by atoms with Crippen LogP contribution in [0.5, 0.6) is 5.75 Å². The molecule has 0 saturated carbocycles. The van der Waals surface area contributed by atoms with Crippen molar-refractivity contribution in [1.29, 1.82) is 0 Å². The molecule has 152 valence electrons. The van der Waals surface area contributed by atoms with Gasteiger partial charge in [0.1, 0.15) is 17.8 Å². The van der Waals surface area contributed by atoms with E-state index >= 15 is 0 Å². The van der Waals surface area contributed by atoms with E-state index in [0.29, 0.717) is 17.0 Å². The van der Waals surface area contributed by atoms with Gasteiger partial charge in [-0.1, -0.05) is 48.5 Å². The van der Waals surface area contributed by atoms with Gasteiger partial charge in [-0.3, -0.25) is 14.5 Å². The van der Waals surface area contributed by atoms with Crippen LogP contribution < -0.4 is 15.4 Å². The van der Waals surface area contributed by atoms with E-state index < -0.39 is 23.4 Å². The number of nitrogens with one attached hydrogen (secondary N) is 2. The van der Waals surface area contributed by atoms with Gasteiger partial charge in [-0.05, 0) is 36.1 Å². The van der Waals surface area contributed by atoms with Gasteiger partial charge < -0.3 is 15.4 Å². The minimum atomic E-state index is -1.25. The average molecular weight is 403 g/mol. The van der Waals surface area contributed by atoms with Crippen molar-refractivity contribution in [2.75, 3.05) is 19.0 Å². The number of fused-ring (bicyclic) bond motifs is 1. The summed E-state index contributed by atoms with van der Waals surface area (Å²) in [5.41, 5.74) is -0.00928. The Balaban J connectivity index is 1.52. The molecule has 3 aromatic carbocycles. The number of hydrogen-bond donors (Lipinski definition) is 2. The Morgan fingerprint density at radius 2 is 1.73 bits per heavy atom. The van der Waals surface area contributed by atoms with Crippen LogP contribution in [0.2, 0.25) is 0 Å². The maximum atomic E-state index is 13.0. The van der Waals surface area contributed by atoms with Crippen molar-refractivity contribution in [3.05, 3.63) is 72.3 Å². The number of carbonyl (C=O) groups is 3. The van der Waals surface area contributed by atoms with E-state index in [1.165, 1.54) is 0 Å². The lowest BCUT2D eigenvalue weighted by Gasteiger charge is -2.22. The standard InChI is InChI=1S/C23H21N3O4/c1-23(16-10-12-17(30-2)13-11-16)21(28)26(22(29)25-23)14-20(27)24-19-9-5-7-15-6-3-4-8-18(15)19/h3-13H,14H2,1-2H3,(H,24,27)(H,25,29)/t23-/m0/s1. The minimum absolute atomic E-state index is 0.375. The molecule has 1 aliphatic heterocycles. The molecule has 7 nitrogen and oxygen atoms in total. The molecule has 4 rings (SSSR count). The van der Waals surface area contributed by atoms with E-state index in [1.807, 2.05) is 36.4 Å². The zero-order valence-electron chi connectivity index (χ0n) is 16.6. The highest BCUT2D eigenvalue weighted by Gasteiger charge is 2.49. The number of amides is 4. The molecule has 0 unspecified atom stereocenters. The SMILES string of the molecule is COc1ccc([C@]2(C)NC(=O)N(CC(=O)Nc3cccc4ccccc34)C2=O)cc1. The number of ether oxygens (including phenoxy) is 1. The number of carbonyl (C=O) groups excluding carboxylic acids is 3. The van der Waals surface area contributed by atoms with Crippen LogP contribution in [-0.4, -0.2) is 36.4 Å². The first-order chi connectivity index (χ1) is 14.4. The van der Waals surface area contributed by atoms with Gasteiger partial charge in [0.2, 0.25) is 5.91 Å². The molecule has 0 spiro atoms. The second-order valence-electron chi connectivity index (χ2n) is 7.25. The van der Waals surface area contributed by atoms with Crippen LogP contribution in [0.4, 0.5) is 10.5 Å². The normalized spacial score (nSPS) is 18.4. The molecular weight excluding hydrogens is 382 g/mol. The summed E-state index contributed by atoms with van der Waals surface area (Å²) in [5.74, 6) is -0.287. The van der Waals surface area contributed by atoms with Gasteiger partial charge in [-0.25, -0.2) is 4.79 Å². The number of methoxy groups -OCH3 is 1. The third-order valence-corrected chi connectivity index (χ3v) is 5.31. The largest absolute Gasteiger partial charge is 0.497 e. The Morgan fingerprint density at radius 3 is 2.47 bits per heavy atom. The molecule has 30 heavy (non-hydrogen) atoms. The Kier molecular flexibility index (Phi) is 4.87. The number of urea groups is 1. The summed E-state index contributed by atoms with van der Waals surface area (Å²) >= 11 is 0. The summed E-state index contributed by atoms with van der Waals surface area (Å²) in [6.07, 6.45) is 0. The lowest BCUT2D eigenvalue weighted by molar-refractivity contribution is -0.133. The molecule has 1 saturated heterocycles. The highest BCUT2D eigenvalue weighted by Crippen LogP contribution is 2.30. The average Bonchev–Trinajstić information content (AvgIpc) is 2.98. The third kappa shape index (κ3) is 3.34. The van der Waals surface area contributed by atoms with E-state index in [4.69, 9.17) is 4.74 Å². The maximum Gasteiger partial charge on any atom is 0.325 e. The Morgan fingerprint density at radius 1 is 1.03 bits per heavy atom. The molecule has 7 heteroatoms. The molecule has 4 amide bonds. The Bertz CT molecular complexity index is 1140. The molecule has 3 aromatic rings. The van der Waals surface area contributed by atoms with Crippen molar-refractivity contribution in [3.63, 3.8) is 0 Å². The van der Waals surface area contributed by atoms with E-state index in [1.54, 1.807) is 44.4 Å².